The van der Waals surface area contributed by atoms with Crippen LogP contribution in [0.15, 0.2) is 42.5 Å². The van der Waals surface area contributed by atoms with Crippen LogP contribution in [0.3, 0.4) is 0 Å². The number of likely N-dealkylation sites (tertiary alicyclic amines) is 1. The molecule has 4 aliphatic heterocycles. The molecule has 9 rings (SSSR count). The molecule has 1 saturated carbocycles. The number of halogens is 3. The highest BCUT2D eigenvalue weighted by Gasteiger charge is 2.39. The lowest BCUT2D eigenvalue weighted by molar-refractivity contribution is -0.129. The second-order valence-corrected chi connectivity index (χ2v) is 20.0. The Bertz CT molecular complexity index is 2570. The van der Waals surface area contributed by atoms with Gasteiger partial charge in [0.05, 0.1) is 40.9 Å². The number of rotatable bonds is 10. The van der Waals surface area contributed by atoms with E-state index >= 15 is 0 Å². The van der Waals surface area contributed by atoms with Crippen molar-refractivity contribution in [2.45, 2.75) is 116 Å². The number of nitrogens with one attached hydrogen (secondary N) is 1. The maximum atomic E-state index is 14.2. The van der Waals surface area contributed by atoms with E-state index < -0.39 is 6.43 Å². The van der Waals surface area contributed by atoms with Gasteiger partial charge >= 0.3 is 0 Å². The highest BCUT2D eigenvalue weighted by Crippen LogP contribution is 2.43. The maximum Gasteiger partial charge on any atom is 0.272 e. The van der Waals surface area contributed by atoms with Crippen molar-refractivity contribution < 1.29 is 23.1 Å². The van der Waals surface area contributed by atoms with Crippen LogP contribution >= 0.6 is 11.6 Å². The molecule has 17 heteroatoms. The van der Waals surface area contributed by atoms with Gasteiger partial charge in [-0.3, -0.25) is 14.3 Å². The fraction of sp³-hybridized carbons (Fsp3) is 0.540. The molecule has 0 radical (unpaired) electrons. The molecule has 1 unspecified atom stereocenters. The minimum Gasteiger partial charge on any atom is -0.490 e. The quantitative estimate of drug-likeness (QED) is 0.163. The van der Waals surface area contributed by atoms with E-state index in [-0.39, 0.29) is 46.5 Å². The normalized spacial score (nSPS) is 22.1. The molecule has 1 atom stereocenters. The summed E-state index contributed by atoms with van der Waals surface area (Å²) in [6, 6.07) is 16.1. The highest BCUT2D eigenvalue weighted by atomic mass is 35.5. The average Bonchev–Trinajstić information content (AvgIpc) is 3.71. The van der Waals surface area contributed by atoms with Crippen molar-refractivity contribution in [3.63, 3.8) is 0 Å². The molecular weight excluding hydrogens is 876 g/mol. The molecule has 2 aromatic heterocycles. The summed E-state index contributed by atoms with van der Waals surface area (Å²) in [5.74, 6) is 2.39. The minimum absolute atomic E-state index is 0.00149. The molecule has 0 bridgehead atoms. The number of alkyl halides is 2. The van der Waals surface area contributed by atoms with E-state index in [0.29, 0.717) is 66.1 Å². The zero-order chi connectivity index (χ0) is 47.0. The first kappa shape index (κ1) is 46.3. The number of hydrogen-bond donors (Lipinski definition) is 1. The number of anilines is 3. The van der Waals surface area contributed by atoms with E-state index in [1.165, 1.54) is 6.07 Å². The van der Waals surface area contributed by atoms with Crippen LogP contribution in [0.2, 0.25) is 5.02 Å². The van der Waals surface area contributed by atoms with Crippen molar-refractivity contribution in [3.8, 4) is 17.9 Å². The largest absolute Gasteiger partial charge is 0.490 e. The van der Waals surface area contributed by atoms with Crippen molar-refractivity contribution in [1.82, 2.24) is 35.1 Å². The van der Waals surface area contributed by atoms with Crippen molar-refractivity contribution in [2.75, 3.05) is 55.6 Å². The molecule has 6 heterocycles. The maximum absolute atomic E-state index is 14.2. The number of hydrogen-bond acceptors (Lipinski definition) is 11. The fourth-order valence-electron chi connectivity index (χ4n) is 11.0. The first-order valence-corrected chi connectivity index (χ1v) is 24.1. The summed E-state index contributed by atoms with van der Waals surface area (Å²) in [5, 5.41) is 36.5. The second-order valence-electron chi connectivity index (χ2n) is 19.6. The van der Waals surface area contributed by atoms with Gasteiger partial charge < -0.3 is 29.7 Å². The Morgan fingerprint density at radius 2 is 1.70 bits per heavy atom. The summed E-state index contributed by atoms with van der Waals surface area (Å²) in [6.45, 7) is 12.4. The molecule has 3 fully saturated rings. The summed E-state index contributed by atoms with van der Waals surface area (Å²) in [7, 11) is 0. The Morgan fingerprint density at radius 3 is 2.37 bits per heavy atom. The van der Waals surface area contributed by atoms with Gasteiger partial charge in [-0.1, -0.05) is 25.4 Å². The molecule has 1 aliphatic carbocycles. The lowest BCUT2D eigenvalue weighted by Gasteiger charge is -2.47. The van der Waals surface area contributed by atoms with Crippen LogP contribution in [0, 0.1) is 34.0 Å². The predicted molar refractivity (Wildman–Crippen MR) is 250 cm³/mol. The molecule has 2 aromatic carbocycles. The predicted octanol–water partition coefficient (Wildman–Crippen LogP) is 8.31. The van der Waals surface area contributed by atoms with Gasteiger partial charge in [0.2, 0.25) is 5.91 Å². The van der Waals surface area contributed by atoms with Gasteiger partial charge in [-0.15, -0.1) is 10.2 Å². The Labute approximate surface area is 395 Å². The first-order chi connectivity index (χ1) is 32.3. The third-order valence-electron chi connectivity index (χ3n) is 14.9. The van der Waals surface area contributed by atoms with Crippen molar-refractivity contribution in [1.29, 1.82) is 10.5 Å². The summed E-state index contributed by atoms with van der Waals surface area (Å²) < 4.78 is 36.7. The van der Waals surface area contributed by atoms with Gasteiger partial charge in [-0.25, -0.2) is 8.78 Å². The topological polar surface area (TPSA) is 160 Å². The van der Waals surface area contributed by atoms with Gasteiger partial charge in [0.15, 0.2) is 17.3 Å². The molecule has 14 nitrogen and oxygen atoms in total. The number of nitriles is 2. The number of fused-ring (bicyclic) bond motifs is 2. The average molecular weight is 935 g/mol. The van der Waals surface area contributed by atoms with Gasteiger partial charge in [0.1, 0.15) is 11.8 Å². The molecule has 352 valence electrons. The van der Waals surface area contributed by atoms with Crippen LogP contribution in [-0.4, -0.2) is 99.6 Å². The Kier molecular flexibility index (Phi) is 13.4. The number of carbonyl (C=O) groups is 2. The van der Waals surface area contributed by atoms with E-state index in [2.05, 4.69) is 54.8 Å². The van der Waals surface area contributed by atoms with E-state index in [1.807, 2.05) is 17.0 Å². The van der Waals surface area contributed by atoms with Crippen LogP contribution in [0.25, 0.3) is 0 Å². The summed E-state index contributed by atoms with van der Waals surface area (Å²) >= 11 is 6.18. The summed E-state index contributed by atoms with van der Waals surface area (Å²) in [6.07, 6.45) is 5.42. The lowest BCUT2D eigenvalue weighted by atomic mass is 9.73. The smallest absolute Gasteiger partial charge is 0.272 e. The minimum atomic E-state index is -2.77. The second kappa shape index (κ2) is 19.4. The fourth-order valence-corrected chi connectivity index (χ4v) is 11.2. The van der Waals surface area contributed by atoms with Crippen molar-refractivity contribution in [2.24, 2.45) is 11.3 Å². The molecular formula is C50H58ClF2N11O3. The molecule has 2 amide bonds. The van der Waals surface area contributed by atoms with Gasteiger partial charge in [-0.05, 0) is 111 Å². The van der Waals surface area contributed by atoms with Gasteiger partial charge in [0.25, 0.3) is 12.3 Å². The van der Waals surface area contributed by atoms with Crippen LogP contribution in [0.1, 0.15) is 129 Å². The number of ether oxygens (including phenoxy) is 1. The SMILES string of the molecule is CC(=O)N1CCc2c(c(N3CCCc4cc(C#N)c(C(F)F)cc43)nn2C2CCN(CC3CCN(c4ccc(C(=O)NC5CCC(Oc6ccc(C#N)c(Cl)c6)CC5)nn4)CC3(C)C)CC2)C1. The number of piperidine rings is 2. The zero-order valence-corrected chi connectivity index (χ0v) is 39.2. The molecule has 2 saturated heterocycles. The number of aryl methyl sites for hydroxylation is 1. The monoisotopic (exact) mass is 933 g/mol. The van der Waals surface area contributed by atoms with E-state index in [1.54, 1.807) is 37.3 Å². The molecule has 0 spiro atoms. The van der Waals surface area contributed by atoms with Crippen LogP contribution in [0.5, 0.6) is 5.75 Å². The Hall–Kier alpha value is -5.84. The van der Waals surface area contributed by atoms with E-state index in [4.69, 9.17) is 26.7 Å². The van der Waals surface area contributed by atoms with E-state index in [9.17, 15) is 23.6 Å². The molecule has 5 aliphatic rings. The first-order valence-electron chi connectivity index (χ1n) is 23.7. The third-order valence-corrected chi connectivity index (χ3v) is 15.2. The lowest BCUT2D eigenvalue weighted by Crippen LogP contribution is -2.50. The number of nitrogens with zero attached hydrogens (tertiary/aromatic N) is 10. The molecule has 4 aromatic rings. The van der Waals surface area contributed by atoms with Crippen molar-refractivity contribution in [3.05, 3.63) is 86.7 Å². The standard InChI is InChI=1S/C50H58ClF2N11O3/c1-31(65)61-22-17-44-41(29-61)48(63-18-4-5-32-23-34(27-55)40(47(52)53)25-45(32)63)59-64(44)37-15-19-60(20-16-37)28-35-14-21-62(30-50(35,2)3)46-13-12-43(57-58-46)49(66)56-36-7-10-38(11-8-36)67-39-9-6-33(26-54)42(51)24-39/h6,9,12-13,23-25,35-38,47H,4-5,7-8,10-11,14-22,28-30H2,1-3H3,(H,56,66). The van der Waals surface area contributed by atoms with Crippen LogP contribution < -0.4 is 19.9 Å². The van der Waals surface area contributed by atoms with Gasteiger partial charge in [-0.2, -0.15) is 15.6 Å². The number of benzene rings is 2. The zero-order valence-electron chi connectivity index (χ0n) is 38.5. The highest BCUT2D eigenvalue weighted by molar-refractivity contribution is 6.31. The van der Waals surface area contributed by atoms with Gasteiger partial charge in [0, 0.05) is 93.8 Å². The Morgan fingerprint density at radius 1 is 0.925 bits per heavy atom. The number of amides is 2. The third kappa shape index (κ3) is 9.79. The molecule has 1 N–H and O–H groups in total. The van der Waals surface area contributed by atoms with Crippen LogP contribution in [-0.2, 0) is 24.2 Å². The van der Waals surface area contributed by atoms with Crippen molar-refractivity contribution >= 4 is 40.7 Å². The molecule has 67 heavy (non-hydrogen) atoms. The summed E-state index contributed by atoms with van der Waals surface area (Å²) in [4.78, 5) is 34.6. The van der Waals surface area contributed by atoms with E-state index in [0.717, 1.165) is 113 Å². The van der Waals surface area contributed by atoms with Crippen LogP contribution in [0.4, 0.5) is 26.1 Å². The Balaban J connectivity index is 0.786. The number of aromatic nitrogens is 4. The summed E-state index contributed by atoms with van der Waals surface area (Å²) in [5.41, 5.74) is 4.13. The number of carbonyl (C=O) groups excluding carboxylic acids is 2.